The first-order valence-corrected chi connectivity index (χ1v) is 8.90. The van der Waals surface area contributed by atoms with E-state index in [0.717, 1.165) is 18.9 Å². The Hall–Kier alpha value is -2.68. The van der Waals surface area contributed by atoms with E-state index in [1.54, 1.807) is 0 Å². The molecule has 0 atom stereocenters. The molecule has 3 N–H and O–H groups in total. The van der Waals surface area contributed by atoms with Gasteiger partial charge in [-0.05, 0) is 18.9 Å². The lowest BCUT2D eigenvalue weighted by atomic mass is 9.90. The van der Waals surface area contributed by atoms with Gasteiger partial charge in [-0.15, -0.1) is 0 Å². The van der Waals surface area contributed by atoms with Crippen molar-refractivity contribution in [2.75, 3.05) is 6.54 Å². The lowest BCUT2D eigenvalue weighted by Gasteiger charge is -2.29. The van der Waals surface area contributed by atoms with Crippen LogP contribution in [0.5, 0.6) is 0 Å². The number of amides is 2. The molecule has 2 amide bonds. The highest BCUT2D eigenvalue weighted by Gasteiger charge is 2.40. The fourth-order valence-corrected chi connectivity index (χ4v) is 3.43. The third-order valence-electron chi connectivity index (χ3n) is 4.57. The molecule has 0 unspecified atom stereocenters. The van der Waals surface area contributed by atoms with Gasteiger partial charge in [0, 0.05) is 6.07 Å². The minimum atomic E-state index is -1.35. The van der Waals surface area contributed by atoms with Crippen LogP contribution in [0, 0.1) is 10.1 Å². The quantitative estimate of drug-likeness (QED) is 0.382. The number of rotatable bonds is 6. The van der Waals surface area contributed by atoms with Crippen molar-refractivity contribution in [1.29, 1.82) is 0 Å². The van der Waals surface area contributed by atoms with E-state index in [9.17, 15) is 29.6 Å². The summed E-state index contributed by atoms with van der Waals surface area (Å²) < 4.78 is 0. The minimum Gasteiger partial charge on any atom is -0.480 e. The average molecular weight is 398 g/mol. The topological polar surface area (TPSA) is 139 Å². The summed E-state index contributed by atoms with van der Waals surface area (Å²) in [6.07, 6.45) is 3.81. The first kappa shape index (κ1) is 20.6. The molecule has 0 heterocycles. The van der Waals surface area contributed by atoms with Gasteiger partial charge in [-0.3, -0.25) is 19.7 Å². The van der Waals surface area contributed by atoms with E-state index in [4.69, 9.17) is 11.6 Å². The van der Waals surface area contributed by atoms with Crippen LogP contribution in [0.1, 0.15) is 48.9 Å². The number of carboxylic acid groups (broad SMARTS) is 1. The third-order valence-corrected chi connectivity index (χ3v) is 4.89. The zero-order valence-corrected chi connectivity index (χ0v) is 15.3. The number of hydrogen-bond donors (Lipinski definition) is 3. The predicted octanol–water partition coefficient (Wildman–Crippen LogP) is 2.27. The fraction of sp³-hybridized carbons (Fsp3) is 0.471. The average Bonchev–Trinajstić information content (AvgIpc) is 2.86. The monoisotopic (exact) mass is 397 g/mol. The smallest absolute Gasteiger partial charge is 0.329 e. The zero-order chi connectivity index (χ0) is 20.0. The second kappa shape index (κ2) is 8.81. The summed E-state index contributed by atoms with van der Waals surface area (Å²) in [5.41, 5.74) is -2.18. The molecule has 0 aromatic heterocycles. The maximum Gasteiger partial charge on any atom is 0.329 e. The van der Waals surface area contributed by atoms with Crippen LogP contribution in [0.2, 0.25) is 5.02 Å². The van der Waals surface area contributed by atoms with Crippen LogP contribution in [0.3, 0.4) is 0 Å². The Bertz CT molecular complexity index is 759. The molecule has 2 rings (SSSR count). The highest BCUT2D eigenvalue weighted by atomic mass is 35.5. The molecular weight excluding hydrogens is 378 g/mol. The third kappa shape index (κ3) is 4.94. The Kier molecular flexibility index (Phi) is 6.73. The Morgan fingerprint density at radius 3 is 2.37 bits per heavy atom. The fourth-order valence-electron chi connectivity index (χ4n) is 3.17. The highest BCUT2D eigenvalue weighted by Crippen LogP contribution is 2.28. The van der Waals surface area contributed by atoms with E-state index >= 15 is 0 Å². The SMILES string of the molecule is O=C(CNC(=O)c1c(Cl)cccc1[N+](=O)[O-])NC1(C(=O)O)CCCCCC1. The van der Waals surface area contributed by atoms with Crippen LogP contribution < -0.4 is 10.6 Å². The van der Waals surface area contributed by atoms with Crippen molar-refractivity contribution in [3.05, 3.63) is 38.9 Å². The normalized spacial score (nSPS) is 16.0. The van der Waals surface area contributed by atoms with Crippen molar-refractivity contribution >= 4 is 35.1 Å². The van der Waals surface area contributed by atoms with E-state index in [1.165, 1.54) is 12.1 Å². The number of carboxylic acids is 1. The number of hydrogen-bond acceptors (Lipinski definition) is 5. The summed E-state index contributed by atoms with van der Waals surface area (Å²) in [6, 6.07) is 3.80. The van der Waals surface area contributed by atoms with Gasteiger partial charge in [0.25, 0.3) is 11.6 Å². The van der Waals surface area contributed by atoms with Crippen LogP contribution in [0.25, 0.3) is 0 Å². The number of nitrogens with one attached hydrogen (secondary N) is 2. The van der Waals surface area contributed by atoms with Crippen LogP contribution in [-0.2, 0) is 9.59 Å². The summed E-state index contributed by atoms with van der Waals surface area (Å²) in [5, 5.41) is 25.3. The minimum absolute atomic E-state index is 0.118. The summed E-state index contributed by atoms with van der Waals surface area (Å²) >= 11 is 5.88. The molecule has 0 saturated heterocycles. The Balaban J connectivity index is 2.06. The number of benzene rings is 1. The molecular formula is C17H20ClN3O6. The number of carbonyl (C=O) groups is 3. The Morgan fingerprint density at radius 2 is 1.81 bits per heavy atom. The molecule has 146 valence electrons. The molecule has 1 saturated carbocycles. The van der Waals surface area contributed by atoms with E-state index < -0.39 is 40.5 Å². The van der Waals surface area contributed by atoms with Crippen molar-refractivity contribution in [3.63, 3.8) is 0 Å². The van der Waals surface area contributed by atoms with Gasteiger partial charge in [0.05, 0.1) is 16.5 Å². The lowest BCUT2D eigenvalue weighted by Crippen LogP contribution is -2.56. The first-order chi connectivity index (χ1) is 12.8. The molecule has 0 aliphatic heterocycles. The van der Waals surface area contributed by atoms with Crippen LogP contribution in [0.15, 0.2) is 18.2 Å². The number of nitrogens with zero attached hydrogens (tertiary/aromatic N) is 1. The van der Waals surface area contributed by atoms with Gasteiger partial charge >= 0.3 is 5.97 Å². The van der Waals surface area contributed by atoms with Crippen molar-refractivity contribution in [2.24, 2.45) is 0 Å². The van der Waals surface area contributed by atoms with Crippen LogP contribution >= 0.6 is 11.6 Å². The number of nitro benzene ring substituents is 1. The van der Waals surface area contributed by atoms with Crippen molar-refractivity contribution < 1.29 is 24.4 Å². The number of aliphatic carboxylic acids is 1. The molecule has 0 bridgehead atoms. The van der Waals surface area contributed by atoms with Crippen molar-refractivity contribution in [2.45, 2.75) is 44.1 Å². The molecule has 1 aromatic rings. The van der Waals surface area contributed by atoms with Crippen molar-refractivity contribution in [1.82, 2.24) is 10.6 Å². The first-order valence-electron chi connectivity index (χ1n) is 8.52. The molecule has 0 radical (unpaired) electrons. The van der Waals surface area contributed by atoms with Crippen LogP contribution in [0.4, 0.5) is 5.69 Å². The van der Waals surface area contributed by atoms with Gasteiger partial charge in [0.15, 0.2) is 0 Å². The van der Waals surface area contributed by atoms with E-state index in [1.807, 2.05) is 0 Å². The molecule has 0 spiro atoms. The lowest BCUT2D eigenvalue weighted by molar-refractivity contribution is -0.385. The Morgan fingerprint density at radius 1 is 1.19 bits per heavy atom. The van der Waals surface area contributed by atoms with Gasteiger partial charge < -0.3 is 15.7 Å². The number of halogens is 1. The summed E-state index contributed by atoms with van der Waals surface area (Å²) in [7, 11) is 0. The molecule has 1 aliphatic carbocycles. The molecule has 10 heteroatoms. The van der Waals surface area contributed by atoms with Gasteiger partial charge in [0.2, 0.25) is 5.91 Å². The maximum atomic E-state index is 12.3. The predicted molar refractivity (Wildman–Crippen MR) is 96.7 cm³/mol. The van der Waals surface area contributed by atoms with E-state index in [2.05, 4.69) is 10.6 Å². The standard InChI is InChI=1S/C17H20ClN3O6/c18-11-6-5-7-12(21(26)27)14(11)15(23)19-10-13(22)20-17(16(24)25)8-3-1-2-4-9-17/h5-7H,1-4,8-10H2,(H,19,23)(H,20,22)(H,24,25). The maximum absolute atomic E-state index is 12.3. The van der Waals surface area contributed by atoms with Gasteiger partial charge in [-0.2, -0.15) is 0 Å². The second-order valence-electron chi connectivity index (χ2n) is 6.42. The largest absolute Gasteiger partial charge is 0.480 e. The molecule has 1 aromatic carbocycles. The van der Waals surface area contributed by atoms with E-state index in [-0.39, 0.29) is 10.6 Å². The Labute approximate surface area is 160 Å². The molecule has 27 heavy (non-hydrogen) atoms. The number of carbonyl (C=O) groups excluding carboxylic acids is 2. The summed E-state index contributed by atoms with van der Waals surface area (Å²) in [5.74, 6) is -2.67. The molecule has 1 aliphatic rings. The molecule has 1 fully saturated rings. The number of nitro groups is 1. The highest BCUT2D eigenvalue weighted by molar-refractivity contribution is 6.34. The second-order valence-corrected chi connectivity index (χ2v) is 6.83. The van der Waals surface area contributed by atoms with Gasteiger partial charge in [-0.25, -0.2) is 4.79 Å². The summed E-state index contributed by atoms with van der Waals surface area (Å²) in [6.45, 7) is -0.518. The zero-order valence-electron chi connectivity index (χ0n) is 14.5. The van der Waals surface area contributed by atoms with Crippen LogP contribution in [-0.4, -0.2) is 39.9 Å². The van der Waals surface area contributed by atoms with Crippen molar-refractivity contribution in [3.8, 4) is 0 Å². The summed E-state index contributed by atoms with van der Waals surface area (Å²) in [4.78, 5) is 46.5. The van der Waals surface area contributed by atoms with Gasteiger partial charge in [-0.1, -0.05) is 43.4 Å². The van der Waals surface area contributed by atoms with E-state index in [0.29, 0.717) is 25.7 Å². The molecule has 9 nitrogen and oxygen atoms in total. The van der Waals surface area contributed by atoms with Gasteiger partial charge in [0.1, 0.15) is 11.1 Å².